The molecule has 0 saturated carbocycles. The van der Waals surface area contributed by atoms with Crippen molar-refractivity contribution in [1.82, 2.24) is 5.32 Å². The third kappa shape index (κ3) is 1.37. The second-order valence-corrected chi connectivity index (χ2v) is 2.98. The molecule has 2 aliphatic rings. The molecule has 2 rings (SSSR count). The number of hydrogen-bond acceptors (Lipinski definition) is 1. The Balaban J connectivity index is 2.26. The second kappa shape index (κ2) is 2.95. The molecule has 0 amide bonds. The highest BCUT2D eigenvalue weighted by Crippen LogP contribution is 2.18. The first-order valence-corrected chi connectivity index (χ1v) is 4.28. The van der Waals surface area contributed by atoms with Crippen LogP contribution < -0.4 is 5.32 Å². The Kier molecular flexibility index (Phi) is 1.80. The predicted octanol–water partition coefficient (Wildman–Crippen LogP) is 2.14. The highest BCUT2D eigenvalue weighted by atomic mass is 14.9. The molecule has 11 heavy (non-hydrogen) atoms. The van der Waals surface area contributed by atoms with Gasteiger partial charge in [-0.1, -0.05) is 24.3 Å². The molecule has 0 aromatic carbocycles. The van der Waals surface area contributed by atoms with Gasteiger partial charge in [-0.2, -0.15) is 0 Å². The van der Waals surface area contributed by atoms with E-state index in [9.17, 15) is 0 Å². The summed E-state index contributed by atoms with van der Waals surface area (Å²) < 4.78 is 0. The van der Waals surface area contributed by atoms with Crippen LogP contribution in [0.1, 0.15) is 19.3 Å². The zero-order valence-corrected chi connectivity index (χ0v) is 6.64. The van der Waals surface area contributed by atoms with Gasteiger partial charge in [-0.25, -0.2) is 0 Å². The lowest BCUT2D eigenvalue weighted by Crippen LogP contribution is -2.14. The summed E-state index contributed by atoms with van der Waals surface area (Å²) in [4.78, 5) is 0. The molecule has 58 valence electrons. The summed E-state index contributed by atoms with van der Waals surface area (Å²) in [5.74, 6) is 0. The molecule has 0 spiro atoms. The molecule has 0 aromatic rings. The van der Waals surface area contributed by atoms with E-state index in [0.717, 1.165) is 13.0 Å². The van der Waals surface area contributed by atoms with Gasteiger partial charge in [0.25, 0.3) is 0 Å². The van der Waals surface area contributed by atoms with Crippen LogP contribution in [-0.2, 0) is 0 Å². The Morgan fingerprint density at radius 1 is 1.27 bits per heavy atom. The Hall–Kier alpha value is -0.980. The predicted molar refractivity (Wildman–Crippen MR) is 47.2 cm³/mol. The van der Waals surface area contributed by atoms with Crippen LogP contribution in [0.25, 0.3) is 0 Å². The molecule has 1 aliphatic carbocycles. The number of fused-ring (bicyclic) bond motifs is 1. The average molecular weight is 147 g/mol. The van der Waals surface area contributed by atoms with E-state index in [-0.39, 0.29) is 0 Å². The van der Waals surface area contributed by atoms with Crippen molar-refractivity contribution in [3.05, 3.63) is 35.6 Å². The van der Waals surface area contributed by atoms with Crippen molar-refractivity contribution in [3.8, 4) is 0 Å². The van der Waals surface area contributed by atoms with Crippen LogP contribution in [0.4, 0.5) is 0 Å². The van der Waals surface area contributed by atoms with Crippen LogP contribution in [0.3, 0.4) is 0 Å². The van der Waals surface area contributed by atoms with E-state index < -0.39 is 0 Å². The van der Waals surface area contributed by atoms with Crippen molar-refractivity contribution in [3.63, 3.8) is 0 Å². The van der Waals surface area contributed by atoms with Crippen molar-refractivity contribution in [2.24, 2.45) is 0 Å². The molecule has 0 fully saturated rings. The topological polar surface area (TPSA) is 12.0 Å². The van der Waals surface area contributed by atoms with E-state index in [2.05, 4.69) is 29.6 Å². The largest absolute Gasteiger partial charge is 0.385 e. The minimum atomic E-state index is 1.08. The summed E-state index contributed by atoms with van der Waals surface area (Å²) in [6.07, 6.45) is 12.6. The summed E-state index contributed by atoms with van der Waals surface area (Å²) in [5, 5.41) is 3.43. The van der Waals surface area contributed by atoms with Crippen molar-refractivity contribution in [2.75, 3.05) is 6.54 Å². The Morgan fingerprint density at radius 3 is 3.27 bits per heavy atom. The molecule has 1 heteroatoms. The highest BCUT2D eigenvalue weighted by Gasteiger charge is 2.06. The fourth-order valence-electron chi connectivity index (χ4n) is 1.52. The van der Waals surface area contributed by atoms with Gasteiger partial charge in [0.2, 0.25) is 0 Å². The first-order valence-electron chi connectivity index (χ1n) is 4.28. The minimum absolute atomic E-state index is 1.08. The zero-order chi connectivity index (χ0) is 7.52. The fraction of sp³-hybridized carbons (Fsp3) is 0.400. The van der Waals surface area contributed by atoms with Gasteiger partial charge in [0, 0.05) is 12.2 Å². The van der Waals surface area contributed by atoms with E-state index in [0.29, 0.717) is 0 Å². The van der Waals surface area contributed by atoms with Crippen LogP contribution in [0.15, 0.2) is 35.6 Å². The number of nitrogens with one attached hydrogen (secondary N) is 1. The van der Waals surface area contributed by atoms with E-state index >= 15 is 0 Å². The standard InChI is InChI=1S/C10H13N/c1-2-7-10-9(5-1)6-3-4-8-11-10/h1,5-7,11H,2-4,8H2. The summed E-state index contributed by atoms with van der Waals surface area (Å²) in [7, 11) is 0. The molecule has 0 aromatic heterocycles. The van der Waals surface area contributed by atoms with E-state index in [1.165, 1.54) is 24.1 Å². The smallest absolute Gasteiger partial charge is 0.0373 e. The van der Waals surface area contributed by atoms with E-state index in [1.807, 2.05) is 0 Å². The first-order chi connectivity index (χ1) is 5.47. The zero-order valence-electron chi connectivity index (χ0n) is 6.64. The third-order valence-electron chi connectivity index (χ3n) is 2.13. The normalized spacial score (nSPS) is 22.5. The molecule has 0 radical (unpaired) electrons. The van der Waals surface area contributed by atoms with E-state index in [1.54, 1.807) is 0 Å². The molecule has 0 bridgehead atoms. The van der Waals surface area contributed by atoms with Gasteiger partial charge in [0.05, 0.1) is 0 Å². The lowest BCUT2D eigenvalue weighted by atomic mass is 10.1. The monoisotopic (exact) mass is 147 g/mol. The minimum Gasteiger partial charge on any atom is -0.385 e. The lowest BCUT2D eigenvalue weighted by molar-refractivity contribution is 0.759. The molecule has 1 aliphatic heterocycles. The number of rotatable bonds is 0. The highest BCUT2D eigenvalue weighted by molar-refractivity contribution is 5.42. The first kappa shape index (κ1) is 6.71. The van der Waals surface area contributed by atoms with Crippen molar-refractivity contribution in [1.29, 1.82) is 0 Å². The van der Waals surface area contributed by atoms with Crippen molar-refractivity contribution >= 4 is 0 Å². The van der Waals surface area contributed by atoms with Crippen LogP contribution in [0, 0.1) is 0 Å². The molecule has 1 nitrogen and oxygen atoms in total. The Labute approximate surface area is 67.5 Å². The lowest BCUT2D eigenvalue weighted by Gasteiger charge is -2.11. The van der Waals surface area contributed by atoms with Gasteiger partial charge in [-0.05, 0) is 24.8 Å². The summed E-state index contributed by atoms with van der Waals surface area (Å²) in [5.41, 5.74) is 2.72. The maximum absolute atomic E-state index is 3.43. The third-order valence-corrected chi connectivity index (χ3v) is 2.13. The van der Waals surface area contributed by atoms with Crippen molar-refractivity contribution < 1.29 is 0 Å². The van der Waals surface area contributed by atoms with Crippen LogP contribution >= 0.6 is 0 Å². The molecule has 1 heterocycles. The Bertz CT molecular complexity index is 233. The quantitative estimate of drug-likeness (QED) is 0.553. The summed E-state index contributed by atoms with van der Waals surface area (Å²) in [6.45, 7) is 1.12. The summed E-state index contributed by atoms with van der Waals surface area (Å²) >= 11 is 0. The molecular weight excluding hydrogens is 134 g/mol. The van der Waals surface area contributed by atoms with Crippen LogP contribution in [0.2, 0.25) is 0 Å². The molecule has 1 N–H and O–H groups in total. The van der Waals surface area contributed by atoms with Crippen molar-refractivity contribution in [2.45, 2.75) is 19.3 Å². The summed E-state index contributed by atoms with van der Waals surface area (Å²) in [6, 6.07) is 0. The Morgan fingerprint density at radius 2 is 2.27 bits per heavy atom. The van der Waals surface area contributed by atoms with Gasteiger partial charge in [0.15, 0.2) is 0 Å². The van der Waals surface area contributed by atoms with Gasteiger partial charge in [-0.15, -0.1) is 0 Å². The molecule has 0 atom stereocenters. The SMILES string of the molecule is C1=CC2=CCCCNC2=CC1. The second-order valence-electron chi connectivity index (χ2n) is 2.98. The van der Waals surface area contributed by atoms with Gasteiger partial charge in [0.1, 0.15) is 0 Å². The van der Waals surface area contributed by atoms with Crippen LogP contribution in [0.5, 0.6) is 0 Å². The number of allylic oxidation sites excluding steroid dienone is 4. The molecule has 0 unspecified atom stereocenters. The van der Waals surface area contributed by atoms with Gasteiger partial charge in [-0.3, -0.25) is 0 Å². The molecular formula is C10H13N. The fourth-order valence-corrected chi connectivity index (χ4v) is 1.52. The van der Waals surface area contributed by atoms with Crippen LogP contribution in [-0.4, -0.2) is 6.54 Å². The maximum Gasteiger partial charge on any atom is 0.0373 e. The number of hydrogen-bond donors (Lipinski definition) is 1. The van der Waals surface area contributed by atoms with E-state index in [4.69, 9.17) is 0 Å². The maximum atomic E-state index is 3.43. The molecule has 0 saturated heterocycles. The van der Waals surface area contributed by atoms with Gasteiger partial charge < -0.3 is 5.32 Å². The van der Waals surface area contributed by atoms with Gasteiger partial charge >= 0.3 is 0 Å². The average Bonchev–Trinajstić information content (AvgIpc) is 2.28.